The minimum Gasteiger partial charge on any atom is -0.469 e. The molecule has 0 saturated carbocycles. The maximum Gasteiger partial charge on any atom is 0.306 e. The van der Waals surface area contributed by atoms with Crippen LogP contribution in [0.3, 0.4) is 0 Å². The molecule has 2 rings (SSSR count). The number of methoxy groups -OCH3 is 1. The number of piperazine rings is 1. The first-order valence-electron chi connectivity index (χ1n) is 6.34. The van der Waals surface area contributed by atoms with Crippen molar-refractivity contribution in [3.8, 4) is 0 Å². The molecule has 0 aliphatic carbocycles. The van der Waals surface area contributed by atoms with Crippen LogP contribution in [-0.4, -0.2) is 55.7 Å². The second-order valence-electron chi connectivity index (χ2n) is 4.48. The van der Waals surface area contributed by atoms with Gasteiger partial charge < -0.3 is 9.64 Å². The van der Waals surface area contributed by atoms with Crippen molar-refractivity contribution < 1.29 is 9.53 Å². The van der Waals surface area contributed by atoms with E-state index >= 15 is 0 Å². The summed E-state index contributed by atoms with van der Waals surface area (Å²) in [4.78, 5) is 19.6. The number of pyridine rings is 1. The number of ether oxygens (including phenoxy) is 1. The highest BCUT2D eigenvalue weighted by Crippen LogP contribution is 2.24. The second-order valence-corrected chi connectivity index (χ2v) is 4.89. The largest absolute Gasteiger partial charge is 0.469 e. The lowest BCUT2D eigenvalue weighted by Crippen LogP contribution is -2.47. The molecule has 1 aliphatic rings. The first-order chi connectivity index (χ1) is 9.20. The summed E-state index contributed by atoms with van der Waals surface area (Å²) in [5.41, 5.74) is 1.03. The number of carbonyl (C=O) groups excluding carboxylic acids is 1. The third-order valence-corrected chi connectivity index (χ3v) is 3.62. The van der Waals surface area contributed by atoms with E-state index in [-0.39, 0.29) is 5.97 Å². The third kappa shape index (κ3) is 3.81. The van der Waals surface area contributed by atoms with Crippen molar-refractivity contribution >= 4 is 23.3 Å². The van der Waals surface area contributed by atoms with Crippen molar-refractivity contribution in [3.05, 3.63) is 23.5 Å². The monoisotopic (exact) mass is 283 g/mol. The molecule has 0 radical (unpaired) electrons. The molecule has 0 spiro atoms. The molecule has 0 bridgehead atoms. The Labute approximate surface area is 118 Å². The van der Waals surface area contributed by atoms with Crippen molar-refractivity contribution in [2.24, 2.45) is 0 Å². The summed E-state index contributed by atoms with van der Waals surface area (Å²) < 4.78 is 4.65. The predicted molar refractivity (Wildman–Crippen MR) is 74.5 cm³/mol. The Kier molecular flexibility index (Phi) is 4.99. The van der Waals surface area contributed by atoms with Crippen molar-refractivity contribution in [1.82, 2.24) is 9.88 Å². The molecule has 104 valence electrons. The Hall–Kier alpha value is -1.33. The van der Waals surface area contributed by atoms with E-state index in [1.807, 2.05) is 6.07 Å². The van der Waals surface area contributed by atoms with E-state index in [9.17, 15) is 4.79 Å². The molecular formula is C13H18ClN3O2. The molecule has 1 fully saturated rings. The first-order valence-corrected chi connectivity index (χ1v) is 6.72. The maximum absolute atomic E-state index is 11.1. The summed E-state index contributed by atoms with van der Waals surface area (Å²) in [5, 5.41) is 0.686. The lowest BCUT2D eigenvalue weighted by molar-refractivity contribution is -0.141. The summed E-state index contributed by atoms with van der Waals surface area (Å²) in [7, 11) is 1.42. The minimum absolute atomic E-state index is 0.153. The molecule has 0 aromatic carbocycles. The Morgan fingerprint density at radius 3 is 2.79 bits per heavy atom. The SMILES string of the molecule is COC(=O)CCN1CCN(c2ccncc2Cl)CC1. The standard InChI is InChI=1S/C13H18ClN3O2/c1-19-13(18)3-5-16-6-8-17(9-7-16)12-2-4-15-10-11(12)14/h2,4,10H,3,5-9H2,1H3. The Bertz CT molecular complexity index is 434. The van der Waals surface area contributed by atoms with E-state index in [4.69, 9.17) is 11.6 Å². The van der Waals surface area contributed by atoms with Gasteiger partial charge in [0, 0.05) is 45.1 Å². The Morgan fingerprint density at radius 1 is 1.42 bits per heavy atom. The Morgan fingerprint density at radius 2 is 2.16 bits per heavy atom. The van der Waals surface area contributed by atoms with Crippen LogP contribution in [0.2, 0.25) is 5.02 Å². The number of hydrogen-bond acceptors (Lipinski definition) is 5. The predicted octanol–water partition coefficient (Wildman–Crippen LogP) is 1.42. The van der Waals surface area contributed by atoms with E-state index < -0.39 is 0 Å². The van der Waals surface area contributed by atoms with Gasteiger partial charge in [0.05, 0.1) is 24.2 Å². The molecule has 0 atom stereocenters. The van der Waals surface area contributed by atoms with Gasteiger partial charge in [-0.15, -0.1) is 0 Å². The van der Waals surface area contributed by atoms with Gasteiger partial charge in [0.25, 0.3) is 0 Å². The fourth-order valence-corrected chi connectivity index (χ4v) is 2.43. The number of carbonyl (C=O) groups is 1. The summed E-state index contributed by atoms with van der Waals surface area (Å²) in [6, 6.07) is 1.94. The van der Waals surface area contributed by atoms with E-state index in [1.165, 1.54) is 7.11 Å². The van der Waals surface area contributed by atoms with Crippen molar-refractivity contribution in [2.75, 3.05) is 44.7 Å². The number of anilines is 1. The van der Waals surface area contributed by atoms with Crippen LogP contribution < -0.4 is 4.90 Å². The van der Waals surface area contributed by atoms with Crippen molar-refractivity contribution in [1.29, 1.82) is 0 Å². The van der Waals surface area contributed by atoms with Crippen LogP contribution in [0, 0.1) is 0 Å². The van der Waals surface area contributed by atoms with Crippen LogP contribution in [0.1, 0.15) is 6.42 Å². The highest BCUT2D eigenvalue weighted by molar-refractivity contribution is 6.33. The molecule has 1 aromatic rings. The number of halogens is 1. The molecule has 2 heterocycles. The van der Waals surface area contributed by atoms with Gasteiger partial charge in [-0.2, -0.15) is 0 Å². The van der Waals surface area contributed by atoms with E-state index in [0.717, 1.165) is 38.4 Å². The van der Waals surface area contributed by atoms with E-state index in [0.29, 0.717) is 11.4 Å². The molecular weight excluding hydrogens is 266 g/mol. The fraction of sp³-hybridized carbons (Fsp3) is 0.538. The van der Waals surface area contributed by atoms with Crippen molar-refractivity contribution in [3.63, 3.8) is 0 Å². The zero-order chi connectivity index (χ0) is 13.7. The molecule has 19 heavy (non-hydrogen) atoms. The average molecular weight is 284 g/mol. The summed E-state index contributed by atoms with van der Waals surface area (Å²) >= 11 is 6.14. The lowest BCUT2D eigenvalue weighted by Gasteiger charge is -2.36. The molecule has 0 N–H and O–H groups in total. The van der Waals surface area contributed by atoms with Crippen LogP contribution in [0.5, 0.6) is 0 Å². The highest BCUT2D eigenvalue weighted by Gasteiger charge is 2.19. The van der Waals surface area contributed by atoms with Crippen molar-refractivity contribution in [2.45, 2.75) is 6.42 Å². The van der Waals surface area contributed by atoms with Crippen LogP contribution in [-0.2, 0) is 9.53 Å². The van der Waals surface area contributed by atoms with Gasteiger partial charge in [0.1, 0.15) is 0 Å². The van der Waals surface area contributed by atoms with E-state index in [1.54, 1.807) is 12.4 Å². The molecule has 1 aliphatic heterocycles. The molecule has 0 unspecified atom stereocenters. The van der Waals surface area contributed by atoms with Gasteiger partial charge in [0.2, 0.25) is 0 Å². The highest BCUT2D eigenvalue weighted by atomic mass is 35.5. The summed E-state index contributed by atoms with van der Waals surface area (Å²) in [5.74, 6) is -0.153. The zero-order valence-corrected chi connectivity index (χ0v) is 11.8. The molecule has 0 amide bonds. The lowest BCUT2D eigenvalue weighted by atomic mass is 10.2. The number of rotatable bonds is 4. The van der Waals surface area contributed by atoms with Crippen LogP contribution in [0.4, 0.5) is 5.69 Å². The second kappa shape index (κ2) is 6.73. The van der Waals surface area contributed by atoms with Gasteiger partial charge in [-0.05, 0) is 6.07 Å². The number of esters is 1. The molecule has 6 heteroatoms. The van der Waals surface area contributed by atoms with Crippen LogP contribution >= 0.6 is 11.6 Å². The number of nitrogens with zero attached hydrogens (tertiary/aromatic N) is 3. The maximum atomic E-state index is 11.1. The number of hydrogen-bond donors (Lipinski definition) is 0. The molecule has 5 nitrogen and oxygen atoms in total. The van der Waals surface area contributed by atoms with Gasteiger partial charge in [-0.3, -0.25) is 14.7 Å². The van der Waals surface area contributed by atoms with Crippen LogP contribution in [0.25, 0.3) is 0 Å². The molecule has 1 aromatic heterocycles. The third-order valence-electron chi connectivity index (χ3n) is 3.32. The minimum atomic E-state index is -0.153. The smallest absolute Gasteiger partial charge is 0.306 e. The zero-order valence-electron chi connectivity index (χ0n) is 11.0. The molecule has 1 saturated heterocycles. The number of aromatic nitrogens is 1. The topological polar surface area (TPSA) is 45.7 Å². The quantitative estimate of drug-likeness (QED) is 0.782. The first kappa shape index (κ1) is 14.1. The van der Waals surface area contributed by atoms with Gasteiger partial charge in [0.15, 0.2) is 0 Å². The van der Waals surface area contributed by atoms with Gasteiger partial charge in [-0.1, -0.05) is 11.6 Å². The van der Waals surface area contributed by atoms with E-state index in [2.05, 4.69) is 19.5 Å². The summed E-state index contributed by atoms with van der Waals surface area (Å²) in [6.07, 6.45) is 3.87. The summed E-state index contributed by atoms with van der Waals surface area (Å²) in [6.45, 7) is 4.42. The average Bonchev–Trinajstić information content (AvgIpc) is 2.46. The normalized spacial score (nSPS) is 16.4. The Balaban J connectivity index is 1.83. The van der Waals surface area contributed by atoms with Crippen LogP contribution in [0.15, 0.2) is 18.5 Å². The van der Waals surface area contributed by atoms with Gasteiger partial charge >= 0.3 is 5.97 Å². The fourth-order valence-electron chi connectivity index (χ4n) is 2.19. The van der Waals surface area contributed by atoms with Gasteiger partial charge in [-0.25, -0.2) is 0 Å².